The van der Waals surface area contributed by atoms with Crippen LogP contribution in [0.4, 0.5) is 5.95 Å². The lowest BCUT2D eigenvalue weighted by molar-refractivity contribution is -0.00476. The number of aliphatic hydroxyl groups excluding tert-OH is 1. The number of phosphoric ester groups is 1. The Hall–Kier alpha value is -2.72. The standard InChI is InChI=1S/C18H22N5O6P/c1-10-2-4-12(5-3-10)29-30(26,27)28-8-13-11(7-24)6-14(13)23-9-20-15-16(23)21-18(19)22-17(15)25/h2-5,9,11,13-14,24H,6-8H2,1H3,(H,26,27)(H3,19,21,22,25). The average molecular weight is 435 g/mol. The molecule has 0 bridgehead atoms. The highest BCUT2D eigenvalue weighted by atomic mass is 31.2. The normalized spacial score (nSPS) is 23.1. The Kier molecular flexibility index (Phi) is 5.37. The second-order valence-corrected chi connectivity index (χ2v) is 8.73. The minimum absolute atomic E-state index is 0.0357. The quantitative estimate of drug-likeness (QED) is 0.401. The van der Waals surface area contributed by atoms with Crippen LogP contribution in [0, 0.1) is 18.8 Å². The molecule has 12 heteroatoms. The van der Waals surface area contributed by atoms with Gasteiger partial charge < -0.3 is 19.9 Å². The molecule has 30 heavy (non-hydrogen) atoms. The zero-order valence-electron chi connectivity index (χ0n) is 16.1. The van der Waals surface area contributed by atoms with Crippen LogP contribution in [-0.4, -0.2) is 42.7 Å². The number of hydrogen-bond donors (Lipinski definition) is 4. The lowest BCUT2D eigenvalue weighted by Crippen LogP contribution is -2.43. The van der Waals surface area contributed by atoms with E-state index in [1.807, 2.05) is 6.92 Å². The molecule has 1 aliphatic rings. The van der Waals surface area contributed by atoms with E-state index in [0.29, 0.717) is 12.1 Å². The third-order valence-electron chi connectivity index (χ3n) is 5.36. The molecule has 0 spiro atoms. The number of aromatic amines is 1. The van der Waals surface area contributed by atoms with E-state index in [1.165, 1.54) is 6.33 Å². The monoisotopic (exact) mass is 435 g/mol. The number of benzene rings is 1. The molecule has 0 amide bonds. The van der Waals surface area contributed by atoms with Crippen LogP contribution in [0.15, 0.2) is 35.4 Å². The Bertz CT molecular complexity index is 1160. The fraction of sp³-hybridized carbons (Fsp3) is 0.389. The zero-order valence-corrected chi connectivity index (χ0v) is 17.0. The first-order chi connectivity index (χ1) is 14.3. The number of aliphatic hydroxyl groups is 1. The number of anilines is 1. The summed E-state index contributed by atoms with van der Waals surface area (Å²) in [6.07, 6.45) is 2.04. The number of H-pyrrole nitrogens is 1. The van der Waals surface area contributed by atoms with E-state index in [0.717, 1.165) is 5.56 Å². The molecule has 4 atom stereocenters. The number of rotatable bonds is 7. The van der Waals surface area contributed by atoms with Crippen LogP contribution in [0.2, 0.25) is 0 Å². The van der Waals surface area contributed by atoms with Crippen molar-refractivity contribution in [2.45, 2.75) is 19.4 Å². The van der Waals surface area contributed by atoms with E-state index >= 15 is 0 Å². The molecule has 160 valence electrons. The second-order valence-electron chi connectivity index (χ2n) is 7.35. The summed E-state index contributed by atoms with van der Waals surface area (Å²) in [5.74, 6) is -0.274. The molecule has 0 radical (unpaired) electrons. The molecule has 1 aliphatic carbocycles. The molecular weight excluding hydrogens is 413 g/mol. The fourth-order valence-electron chi connectivity index (χ4n) is 3.68. The molecule has 4 rings (SSSR count). The summed E-state index contributed by atoms with van der Waals surface area (Å²) in [5.41, 5.74) is 6.63. The van der Waals surface area contributed by atoms with Crippen molar-refractivity contribution in [2.24, 2.45) is 11.8 Å². The topological polar surface area (TPSA) is 166 Å². The average Bonchev–Trinajstić information content (AvgIpc) is 3.07. The van der Waals surface area contributed by atoms with E-state index in [-0.39, 0.29) is 48.3 Å². The molecule has 0 aliphatic heterocycles. The van der Waals surface area contributed by atoms with Crippen LogP contribution in [0.3, 0.4) is 0 Å². The summed E-state index contributed by atoms with van der Waals surface area (Å²) in [6, 6.07) is 6.43. The van der Waals surface area contributed by atoms with E-state index in [4.69, 9.17) is 14.8 Å². The van der Waals surface area contributed by atoms with Gasteiger partial charge in [0.25, 0.3) is 5.56 Å². The van der Waals surface area contributed by atoms with Gasteiger partial charge in [0.1, 0.15) is 5.75 Å². The van der Waals surface area contributed by atoms with Gasteiger partial charge in [0.05, 0.1) is 12.9 Å². The predicted octanol–water partition coefficient (Wildman–Crippen LogP) is 1.38. The summed E-state index contributed by atoms with van der Waals surface area (Å²) < 4.78 is 24.4. The molecule has 5 N–H and O–H groups in total. The SMILES string of the molecule is Cc1ccc(OP(=O)(O)OCC2C(CO)CC2n2cnc3c(=O)[nH]c(N)nc32)cc1. The second kappa shape index (κ2) is 7.84. The van der Waals surface area contributed by atoms with Gasteiger partial charge in [0.15, 0.2) is 11.2 Å². The van der Waals surface area contributed by atoms with Crippen molar-refractivity contribution in [3.63, 3.8) is 0 Å². The van der Waals surface area contributed by atoms with Crippen molar-refractivity contribution in [1.82, 2.24) is 19.5 Å². The van der Waals surface area contributed by atoms with Gasteiger partial charge in [-0.3, -0.25) is 19.2 Å². The summed E-state index contributed by atoms with van der Waals surface area (Å²) in [5, 5.41) is 9.63. The first-order valence-electron chi connectivity index (χ1n) is 9.34. The summed E-state index contributed by atoms with van der Waals surface area (Å²) in [6.45, 7) is 1.65. The van der Waals surface area contributed by atoms with Gasteiger partial charge in [-0.05, 0) is 31.4 Å². The van der Waals surface area contributed by atoms with Crippen LogP contribution < -0.4 is 15.8 Å². The number of nitrogens with zero attached hydrogens (tertiary/aromatic N) is 3. The third kappa shape index (κ3) is 3.97. The number of phosphoric acid groups is 1. The van der Waals surface area contributed by atoms with E-state index in [2.05, 4.69) is 15.0 Å². The lowest BCUT2D eigenvalue weighted by atomic mass is 9.70. The summed E-state index contributed by atoms with van der Waals surface area (Å²) in [7, 11) is -4.36. The molecule has 4 unspecified atom stereocenters. The van der Waals surface area contributed by atoms with Gasteiger partial charge in [-0.1, -0.05) is 17.7 Å². The van der Waals surface area contributed by atoms with E-state index < -0.39 is 13.4 Å². The third-order valence-corrected chi connectivity index (χ3v) is 6.28. The van der Waals surface area contributed by atoms with Gasteiger partial charge in [0, 0.05) is 18.6 Å². The summed E-state index contributed by atoms with van der Waals surface area (Å²) in [4.78, 5) is 32.7. The van der Waals surface area contributed by atoms with Crippen molar-refractivity contribution < 1.29 is 23.6 Å². The van der Waals surface area contributed by atoms with Gasteiger partial charge in [-0.2, -0.15) is 4.98 Å². The summed E-state index contributed by atoms with van der Waals surface area (Å²) >= 11 is 0. The molecule has 1 aromatic carbocycles. The van der Waals surface area contributed by atoms with Crippen molar-refractivity contribution >= 4 is 24.9 Å². The lowest BCUT2D eigenvalue weighted by Gasteiger charge is -2.44. The van der Waals surface area contributed by atoms with Crippen LogP contribution in [-0.2, 0) is 9.09 Å². The molecule has 0 saturated heterocycles. The van der Waals surface area contributed by atoms with Crippen molar-refractivity contribution in [2.75, 3.05) is 18.9 Å². The maximum atomic E-state index is 12.4. The molecule has 1 saturated carbocycles. The first-order valence-corrected chi connectivity index (χ1v) is 10.8. The van der Waals surface area contributed by atoms with Gasteiger partial charge in [0.2, 0.25) is 5.95 Å². The number of aryl methyl sites for hydroxylation is 1. The first kappa shape index (κ1) is 20.5. The fourth-order valence-corrected chi connectivity index (χ4v) is 4.48. The highest BCUT2D eigenvalue weighted by molar-refractivity contribution is 7.47. The Morgan fingerprint density at radius 2 is 2.10 bits per heavy atom. The number of nitrogens with one attached hydrogen (secondary N) is 1. The number of imidazole rings is 1. The van der Waals surface area contributed by atoms with E-state index in [9.17, 15) is 19.4 Å². The molecule has 3 aromatic rings. The number of nitrogens with two attached hydrogens (primary N) is 1. The van der Waals surface area contributed by atoms with Crippen LogP contribution in [0.1, 0.15) is 18.0 Å². The highest BCUT2D eigenvalue weighted by Crippen LogP contribution is 2.50. The van der Waals surface area contributed by atoms with Gasteiger partial charge in [-0.15, -0.1) is 0 Å². The Morgan fingerprint density at radius 1 is 1.37 bits per heavy atom. The molecule has 11 nitrogen and oxygen atoms in total. The minimum atomic E-state index is -4.36. The Morgan fingerprint density at radius 3 is 2.80 bits per heavy atom. The maximum Gasteiger partial charge on any atom is 0.527 e. The predicted molar refractivity (Wildman–Crippen MR) is 108 cm³/mol. The Balaban J connectivity index is 1.50. The zero-order chi connectivity index (χ0) is 21.5. The van der Waals surface area contributed by atoms with Crippen molar-refractivity contribution in [3.05, 3.63) is 46.5 Å². The molecule has 2 aromatic heterocycles. The van der Waals surface area contributed by atoms with E-state index in [1.54, 1.807) is 28.8 Å². The largest absolute Gasteiger partial charge is 0.527 e. The number of hydrogen-bond acceptors (Lipinski definition) is 8. The molecular formula is C18H22N5O6P. The van der Waals surface area contributed by atoms with Crippen LogP contribution in [0.25, 0.3) is 11.2 Å². The van der Waals surface area contributed by atoms with Crippen molar-refractivity contribution in [3.8, 4) is 5.75 Å². The van der Waals surface area contributed by atoms with Crippen LogP contribution >= 0.6 is 7.82 Å². The maximum absolute atomic E-state index is 12.4. The highest BCUT2D eigenvalue weighted by Gasteiger charge is 2.44. The number of fused-ring (bicyclic) bond motifs is 1. The number of aromatic nitrogens is 4. The van der Waals surface area contributed by atoms with Crippen LogP contribution in [0.5, 0.6) is 5.75 Å². The Labute approximate surface area is 171 Å². The smallest absolute Gasteiger partial charge is 0.404 e. The van der Waals surface area contributed by atoms with Gasteiger partial charge >= 0.3 is 7.82 Å². The molecule has 1 fully saturated rings. The molecule has 2 heterocycles. The number of nitrogen functional groups attached to an aromatic ring is 1. The van der Waals surface area contributed by atoms with Crippen molar-refractivity contribution in [1.29, 1.82) is 0 Å². The minimum Gasteiger partial charge on any atom is -0.404 e. The van der Waals surface area contributed by atoms with Gasteiger partial charge in [-0.25, -0.2) is 9.55 Å².